The van der Waals surface area contributed by atoms with Crippen LogP contribution in [0.15, 0.2) is 0 Å². The van der Waals surface area contributed by atoms with Gasteiger partial charge in [-0.1, -0.05) is 0 Å². The molecule has 0 radical (unpaired) electrons. The Kier molecular flexibility index (Phi) is 9.62. The summed E-state index contributed by atoms with van der Waals surface area (Å²) in [7, 11) is 0. The molecule has 1 rings (SSSR count). The molecule has 1 saturated heterocycles. The average Bonchev–Trinajstić information content (AvgIpc) is 2.88. The van der Waals surface area contributed by atoms with E-state index in [0.717, 1.165) is 0 Å². The number of aliphatic hydroxyl groups excluding tert-OH is 7. The first-order valence-electron chi connectivity index (χ1n) is 8.79. The Morgan fingerprint density at radius 1 is 1.14 bits per heavy atom. The second-order valence-corrected chi connectivity index (χ2v) is 6.76. The van der Waals surface area contributed by atoms with Gasteiger partial charge in [0.25, 0.3) is 0 Å². The van der Waals surface area contributed by atoms with Crippen LogP contribution in [0.1, 0.15) is 20.8 Å². The first-order chi connectivity index (χ1) is 13.0. The van der Waals surface area contributed by atoms with Crippen LogP contribution in [0, 0.1) is 0 Å². The summed E-state index contributed by atoms with van der Waals surface area (Å²) in [5.41, 5.74) is 0. The van der Waals surface area contributed by atoms with Crippen molar-refractivity contribution in [1.29, 1.82) is 0 Å². The second kappa shape index (κ2) is 10.7. The molecule has 0 aromatic rings. The van der Waals surface area contributed by atoms with Gasteiger partial charge in [0.05, 0.1) is 25.4 Å². The number of esters is 1. The van der Waals surface area contributed by atoms with Crippen molar-refractivity contribution in [2.24, 2.45) is 0 Å². The quantitative estimate of drug-likeness (QED) is 0.129. The van der Waals surface area contributed by atoms with Crippen LogP contribution in [-0.4, -0.2) is 116 Å². The lowest BCUT2D eigenvalue weighted by Crippen LogP contribution is -2.55. The van der Waals surface area contributed by atoms with Gasteiger partial charge in [0, 0.05) is 0 Å². The van der Waals surface area contributed by atoms with Gasteiger partial charge in [-0.15, -0.1) is 0 Å². The first-order valence-corrected chi connectivity index (χ1v) is 8.79. The maximum Gasteiger partial charge on any atom is 0.338 e. The number of carbonyl (C=O) groups excluding carboxylic acids is 1. The lowest BCUT2D eigenvalue weighted by atomic mass is 10.1. The summed E-state index contributed by atoms with van der Waals surface area (Å²) in [6.07, 6.45) is -12.1. The van der Waals surface area contributed by atoms with Gasteiger partial charge in [-0.25, -0.2) is 4.79 Å². The van der Waals surface area contributed by atoms with Crippen molar-refractivity contribution in [3.63, 3.8) is 0 Å². The molecular formula is C16H30O12. The van der Waals surface area contributed by atoms with E-state index in [1.54, 1.807) is 13.8 Å². The molecule has 8 atom stereocenters. The van der Waals surface area contributed by atoms with Crippen molar-refractivity contribution in [1.82, 2.24) is 0 Å². The lowest BCUT2D eigenvalue weighted by Gasteiger charge is -2.36. The van der Waals surface area contributed by atoms with Crippen LogP contribution in [0.25, 0.3) is 0 Å². The van der Waals surface area contributed by atoms with E-state index < -0.39 is 80.6 Å². The minimum absolute atomic E-state index is 0.538. The summed E-state index contributed by atoms with van der Waals surface area (Å²) < 4.78 is 20.7. The smallest absolute Gasteiger partial charge is 0.338 e. The van der Waals surface area contributed by atoms with Gasteiger partial charge in [0.15, 0.2) is 12.4 Å². The molecule has 0 aromatic heterocycles. The zero-order valence-electron chi connectivity index (χ0n) is 15.9. The van der Waals surface area contributed by atoms with Crippen molar-refractivity contribution in [3.05, 3.63) is 0 Å². The van der Waals surface area contributed by atoms with Crippen LogP contribution >= 0.6 is 0 Å². The van der Waals surface area contributed by atoms with Gasteiger partial charge in [-0.2, -0.15) is 0 Å². The Labute approximate surface area is 161 Å². The summed E-state index contributed by atoms with van der Waals surface area (Å²) in [6.45, 7) is 1.67. The molecule has 0 aromatic carbocycles. The third-order valence-corrected chi connectivity index (χ3v) is 4.03. The topological polar surface area (TPSA) is 196 Å². The summed E-state index contributed by atoms with van der Waals surface area (Å²) in [6, 6.07) is 0. The van der Waals surface area contributed by atoms with E-state index in [0.29, 0.717) is 0 Å². The van der Waals surface area contributed by atoms with E-state index in [4.69, 9.17) is 18.9 Å². The summed E-state index contributed by atoms with van der Waals surface area (Å²) in [5.74, 6) is -3.32. The Morgan fingerprint density at radius 2 is 1.75 bits per heavy atom. The van der Waals surface area contributed by atoms with Crippen molar-refractivity contribution in [2.45, 2.75) is 75.6 Å². The van der Waals surface area contributed by atoms with Gasteiger partial charge < -0.3 is 54.7 Å². The highest BCUT2D eigenvalue weighted by molar-refractivity contribution is 5.75. The van der Waals surface area contributed by atoms with Crippen LogP contribution in [0.3, 0.4) is 0 Å². The fraction of sp³-hybridized carbons (Fsp3) is 0.938. The maximum absolute atomic E-state index is 12.1. The van der Waals surface area contributed by atoms with Gasteiger partial charge in [-0.3, -0.25) is 0 Å². The molecule has 166 valence electrons. The molecule has 0 amide bonds. The molecule has 28 heavy (non-hydrogen) atoms. The van der Waals surface area contributed by atoms with Crippen molar-refractivity contribution in [2.75, 3.05) is 19.8 Å². The standard InChI is InChI=1S/C16H30O12/c1-7(2)25-14(24)12(8(3)20)26-15(9(21)4-17)28-16(6-19)13(23)11(22)10(5-18)27-16/h7-13,15,17-23H,4-6H2,1-3H3/t8-,9-,10?,11?,12?,13?,15?,16-/m0/s1. The van der Waals surface area contributed by atoms with Crippen LogP contribution < -0.4 is 0 Å². The highest BCUT2D eigenvalue weighted by Crippen LogP contribution is 2.34. The molecule has 0 saturated carbocycles. The number of carbonyl (C=O) groups is 1. The third kappa shape index (κ3) is 5.79. The van der Waals surface area contributed by atoms with E-state index >= 15 is 0 Å². The lowest BCUT2D eigenvalue weighted by molar-refractivity contribution is -0.359. The predicted octanol–water partition coefficient (Wildman–Crippen LogP) is -3.80. The van der Waals surface area contributed by atoms with E-state index in [2.05, 4.69) is 0 Å². The fourth-order valence-corrected chi connectivity index (χ4v) is 2.56. The molecule has 0 bridgehead atoms. The van der Waals surface area contributed by atoms with Crippen LogP contribution in [-0.2, 0) is 23.7 Å². The largest absolute Gasteiger partial charge is 0.461 e. The zero-order valence-corrected chi connectivity index (χ0v) is 15.9. The molecule has 5 unspecified atom stereocenters. The van der Waals surface area contributed by atoms with Gasteiger partial charge >= 0.3 is 5.97 Å². The van der Waals surface area contributed by atoms with Crippen molar-refractivity contribution < 1.29 is 59.5 Å². The Balaban J connectivity index is 3.08. The number of aliphatic hydroxyl groups is 7. The van der Waals surface area contributed by atoms with E-state index in [9.17, 15) is 40.5 Å². The molecule has 12 heteroatoms. The zero-order chi connectivity index (χ0) is 21.6. The number of hydrogen-bond acceptors (Lipinski definition) is 12. The Hall–Kier alpha value is -0.930. The molecule has 1 fully saturated rings. The number of hydrogen-bond donors (Lipinski definition) is 7. The normalized spacial score (nSPS) is 32.2. The number of ether oxygens (including phenoxy) is 4. The Morgan fingerprint density at radius 3 is 2.14 bits per heavy atom. The van der Waals surface area contributed by atoms with Crippen molar-refractivity contribution >= 4 is 5.97 Å². The fourth-order valence-electron chi connectivity index (χ4n) is 2.56. The average molecular weight is 414 g/mol. The monoisotopic (exact) mass is 414 g/mol. The Bertz CT molecular complexity index is 486. The highest BCUT2D eigenvalue weighted by Gasteiger charge is 2.57. The molecule has 12 nitrogen and oxygen atoms in total. The van der Waals surface area contributed by atoms with E-state index in [-0.39, 0.29) is 0 Å². The first kappa shape index (κ1) is 25.1. The highest BCUT2D eigenvalue weighted by atomic mass is 16.8. The van der Waals surface area contributed by atoms with E-state index in [1.807, 2.05) is 0 Å². The molecule has 1 heterocycles. The molecule has 0 spiro atoms. The summed E-state index contributed by atoms with van der Waals surface area (Å²) in [5, 5.41) is 68.0. The maximum atomic E-state index is 12.1. The minimum atomic E-state index is -2.33. The molecule has 1 aliphatic heterocycles. The minimum Gasteiger partial charge on any atom is -0.461 e. The van der Waals surface area contributed by atoms with Gasteiger partial charge in [-0.05, 0) is 20.8 Å². The van der Waals surface area contributed by atoms with Gasteiger partial charge in [0.2, 0.25) is 5.79 Å². The van der Waals surface area contributed by atoms with Crippen LogP contribution in [0.5, 0.6) is 0 Å². The van der Waals surface area contributed by atoms with Crippen molar-refractivity contribution in [3.8, 4) is 0 Å². The van der Waals surface area contributed by atoms with Crippen LogP contribution in [0.4, 0.5) is 0 Å². The third-order valence-electron chi connectivity index (χ3n) is 4.03. The van der Waals surface area contributed by atoms with Crippen LogP contribution in [0.2, 0.25) is 0 Å². The summed E-state index contributed by atoms with van der Waals surface area (Å²) >= 11 is 0. The molecule has 1 aliphatic rings. The molecule has 0 aliphatic carbocycles. The second-order valence-electron chi connectivity index (χ2n) is 6.76. The molecular weight excluding hydrogens is 384 g/mol. The number of rotatable bonds is 11. The predicted molar refractivity (Wildman–Crippen MR) is 89.5 cm³/mol. The summed E-state index contributed by atoms with van der Waals surface area (Å²) in [4.78, 5) is 12.1. The molecule has 7 N–H and O–H groups in total. The van der Waals surface area contributed by atoms with E-state index in [1.165, 1.54) is 6.92 Å². The van der Waals surface area contributed by atoms with Gasteiger partial charge in [0.1, 0.15) is 31.0 Å². The SMILES string of the molecule is CC(C)OC(=O)C(OC(O[C@]1(CO)OC(CO)C(O)C1O)[C@@H](O)CO)[C@H](C)O.